The minimum absolute atomic E-state index is 0.224. The van der Waals surface area contributed by atoms with Gasteiger partial charge in [0.05, 0.1) is 0 Å². The third-order valence-corrected chi connectivity index (χ3v) is 2.23. The molecule has 0 spiro atoms. The van der Waals surface area contributed by atoms with Gasteiger partial charge in [0.25, 0.3) is 0 Å². The monoisotopic (exact) mass is 220 g/mol. The molecule has 1 aromatic heterocycles. The second-order valence-electron chi connectivity index (χ2n) is 3.59. The maximum Gasteiger partial charge on any atom is 0.221 e. The molecule has 16 heavy (non-hydrogen) atoms. The van der Waals surface area contributed by atoms with E-state index in [0.29, 0.717) is 12.5 Å². The molecule has 2 rings (SSSR count). The molecular formula is C11H13FN4. The van der Waals surface area contributed by atoms with Crippen molar-refractivity contribution in [1.29, 1.82) is 0 Å². The largest absolute Gasteiger partial charge is 0.350 e. The van der Waals surface area contributed by atoms with E-state index in [-0.39, 0.29) is 5.82 Å². The molecular weight excluding hydrogens is 207 g/mol. The summed E-state index contributed by atoms with van der Waals surface area (Å²) < 4.78 is 14.3. The first-order valence-electron chi connectivity index (χ1n) is 5.01. The molecule has 0 radical (unpaired) electrons. The molecule has 0 bridgehead atoms. The van der Waals surface area contributed by atoms with E-state index in [2.05, 4.69) is 15.4 Å². The van der Waals surface area contributed by atoms with Gasteiger partial charge < -0.3 is 5.32 Å². The molecule has 1 heterocycles. The van der Waals surface area contributed by atoms with Crippen molar-refractivity contribution in [2.75, 3.05) is 5.32 Å². The highest BCUT2D eigenvalue weighted by molar-refractivity contribution is 5.28. The summed E-state index contributed by atoms with van der Waals surface area (Å²) in [6.07, 6.45) is 0. The Morgan fingerprint density at radius 3 is 2.56 bits per heavy atom. The molecule has 0 fully saturated rings. The summed E-state index contributed by atoms with van der Waals surface area (Å²) in [5, 5.41) is 7.26. The Kier molecular flexibility index (Phi) is 2.85. The lowest BCUT2D eigenvalue weighted by molar-refractivity contribution is 0.627. The molecule has 0 saturated heterocycles. The topological polar surface area (TPSA) is 42.7 Å². The number of nitrogens with one attached hydrogen (secondary N) is 1. The standard InChI is InChI=1S/C11H13FN4/c1-8-14-11(16(2)15-8)13-7-9-3-5-10(12)6-4-9/h3-6H,7H2,1-2H3,(H,13,14,15). The zero-order valence-electron chi connectivity index (χ0n) is 9.24. The number of aromatic nitrogens is 3. The summed E-state index contributed by atoms with van der Waals surface area (Å²) in [6, 6.07) is 6.37. The van der Waals surface area contributed by atoms with E-state index in [0.717, 1.165) is 11.4 Å². The van der Waals surface area contributed by atoms with E-state index in [1.54, 1.807) is 16.8 Å². The Bertz CT molecular complexity index is 475. The quantitative estimate of drug-likeness (QED) is 0.858. The lowest BCUT2D eigenvalue weighted by Gasteiger charge is -2.04. The van der Waals surface area contributed by atoms with Crippen LogP contribution in [-0.2, 0) is 13.6 Å². The molecule has 4 nitrogen and oxygen atoms in total. The van der Waals surface area contributed by atoms with Gasteiger partial charge in [-0.15, -0.1) is 0 Å². The van der Waals surface area contributed by atoms with Crippen molar-refractivity contribution >= 4 is 5.95 Å². The molecule has 0 aliphatic carbocycles. The third kappa shape index (κ3) is 2.36. The van der Waals surface area contributed by atoms with Gasteiger partial charge in [0.15, 0.2) is 0 Å². The number of hydrogen-bond acceptors (Lipinski definition) is 3. The van der Waals surface area contributed by atoms with Gasteiger partial charge in [-0.3, -0.25) is 0 Å². The van der Waals surface area contributed by atoms with Crippen LogP contribution in [0.2, 0.25) is 0 Å². The summed E-state index contributed by atoms with van der Waals surface area (Å²) in [5.41, 5.74) is 1.00. The molecule has 1 aromatic carbocycles. The highest BCUT2D eigenvalue weighted by atomic mass is 19.1. The van der Waals surface area contributed by atoms with Crippen molar-refractivity contribution in [3.63, 3.8) is 0 Å². The zero-order chi connectivity index (χ0) is 11.5. The van der Waals surface area contributed by atoms with Crippen LogP contribution in [0.15, 0.2) is 24.3 Å². The molecule has 5 heteroatoms. The Hall–Kier alpha value is -1.91. The minimum Gasteiger partial charge on any atom is -0.350 e. The normalized spacial score (nSPS) is 10.4. The predicted octanol–water partition coefficient (Wildman–Crippen LogP) is 1.87. The fourth-order valence-electron chi connectivity index (χ4n) is 1.45. The van der Waals surface area contributed by atoms with E-state index in [1.807, 2.05) is 14.0 Å². The summed E-state index contributed by atoms with van der Waals surface area (Å²) in [4.78, 5) is 4.21. The molecule has 0 aliphatic heterocycles. The second kappa shape index (κ2) is 4.30. The van der Waals surface area contributed by atoms with Crippen LogP contribution >= 0.6 is 0 Å². The van der Waals surface area contributed by atoms with Crippen molar-refractivity contribution in [2.24, 2.45) is 7.05 Å². The van der Waals surface area contributed by atoms with Crippen molar-refractivity contribution in [1.82, 2.24) is 14.8 Å². The molecule has 0 saturated carbocycles. The Balaban J connectivity index is 2.02. The number of nitrogens with zero attached hydrogens (tertiary/aromatic N) is 3. The smallest absolute Gasteiger partial charge is 0.221 e. The van der Waals surface area contributed by atoms with Crippen molar-refractivity contribution in [3.05, 3.63) is 41.5 Å². The Morgan fingerprint density at radius 1 is 1.31 bits per heavy atom. The summed E-state index contributed by atoms with van der Waals surface area (Å²) in [6.45, 7) is 2.44. The average Bonchev–Trinajstić information content (AvgIpc) is 2.57. The van der Waals surface area contributed by atoms with Crippen LogP contribution in [-0.4, -0.2) is 14.8 Å². The Morgan fingerprint density at radius 2 is 2.00 bits per heavy atom. The van der Waals surface area contributed by atoms with Crippen LogP contribution in [0, 0.1) is 12.7 Å². The van der Waals surface area contributed by atoms with Crippen LogP contribution in [0.1, 0.15) is 11.4 Å². The maximum absolute atomic E-state index is 12.7. The molecule has 0 amide bonds. The molecule has 0 unspecified atom stereocenters. The zero-order valence-corrected chi connectivity index (χ0v) is 9.24. The number of benzene rings is 1. The molecule has 0 aliphatic rings. The fourth-order valence-corrected chi connectivity index (χ4v) is 1.45. The number of aryl methyl sites for hydroxylation is 2. The van der Waals surface area contributed by atoms with E-state index >= 15 is 0 Å². The lowest BCUT2D eigenvalue weighted by atomic mass is 10.2. The summed E-state index contributed by atoms with van der Waals surface area (Å²) >= 11 is 0. The number of rotatable bonds is 3. The van der Waals surface area contributed by atoms with Crippen molar-refractivity contribution in [2.45, 2.75) is 13.5 Å². The number of anilines is 1. The highest BCUT2D eigenvalue weighted by Crippen LogP contribution is 2.07. The molecule has 2 aromatic rings. The lowest BCUT2D eigenvalue weighted by Crippen LogP contribution is -2.05. The summed E-state index contributed by atoms with van der Waals surface area (Å²) in [7, 11) is 1.83. The van der Waals surface area contributed by atoms with Gasteiger partial charge in [-0.05, 0) is 24.6 Å². The number of halogens is 1. The number of hydrogen-bond donors (Lipinski definition) is 1. The van der Waals surface area contributed by atoms with Crippen LogP contribution in [0.3, 0.4) is 0 Å². The van der Waals surface area contributed by atoms with Crippen molar-refractivity contribution in [3.8, 4) is 0 Å². The van der Waals surface area contributed by atoms with Gasteiger partial charge in [-0.1, -0.05) is 12.1 Å². The van der Waals surface area contributed by atoms with Gasteiger partial charge in [0.2, 0.25) is 5.95 Å². The van der Waals surface area contributed by atoms with Gasteiger partial charge in [-0.25, -0.2) is 9.07 Å². The molecule has 84 valence electrons. The molecule has 1 N–H and O–H groups in total. The Labute approximate surface area is 93.1 Å². The first-order valence-corrected chi connectivity index (χ1v) is 5.01. The van der Waals surface area contributed by atoms with Gasteiger partial charge in [0.1, 0.15) is 11.6 Å². The van der Waals surface area contributed by atoms with E-state index < -0.39 is 0 Å². The fraction of sp³-hybridized carbons (Fsp3) is 0.273. The van der Waals surface area contributed by atoms with E-state index in [9.17, 15) is 4.39 Å². The second-order valence-corrected chi connectivity index (χ2v) is 3.59. The first-order chi connectivity index (χ1) is 7.65. The third-order valence-electron chi connectivity index (χ3n) is 2.23. The van der Waals surface area contributed by atoms with Crippen molar-refractivity contribution < 1.29 is 4.39 Å². The average molecular weight is 220 g/mol. The molecule has 0 atom stereocenters. The van der Waals surface area contributed by atoms with Gasteiger partial charge >= 0.3 is 0 Å². The van der Waals surface area contributed by atoms with Crippen LogP contribution < -0.4 is 5.32 Å². The van der Waals surface area contributed by atoms with Gasteiger partial charge in [0, 0.05) is 13.6 Å². The van der Waals surface area contributed by atoms with E-state index in [4.69, 9.17) is 0 Å². The van der Waals surface area contributed by atoms with E-state index in [1.165, 1.54) is 12.1 Å². The van der Waals surface area contributed by atoms with Crippen LogP contribution in [0.5, 0.6) is 0 Å². The van der Waals surface area contributed by atoms with Gasteiger partial charge in [-0.2, -0.15) is 10.1 Å². The summed E-state index contributed by atoms with van der Waals surface area (Å²) in [5.74, 6) is 1.21. The minimum atomic E-state index is -0.224. The van der Waals surface area contributed by atoms with Crippen LogP contribution in [0.4, 0.5) is 10.3 Å². The predicted molar refractivity (Wildman–Crippen MR) is 59.5 cm³/mol. The maximum atomic E-state index is 12.7. The van der Waals surface area contributed by atoms with Crippen LogP contribution in [0.25, 0.3) is 0 Å². The SMILES string of the molecule is Cc1nc(NCc2ccc(F)cc2)n(C)n1. The first kappa shape index (κ1) is 10.6. The highest BCUT2D eigenvalue weighted by Gasteiger charge is 2.02.